The summed E-state index contributed by atoms with van der Waals surface area (Å²) in [6.45, 7) is 0. The van der Waals surface area contributed by atoms with Gasteiger partial charge in [-0.05, 0) is 12.3 Å². The molecular weight excluding hydrogens is 282 g/mol. The van der Waals surface area contributed by atoms with E-state index in [4.69, 9.17) is 11.5 Å². The van der Waals surface area contributed by atoms with Gasteiger partial charge in [0, 0.05) is 31.0 Å². The van der Waals surface area contributed by atoms with Crippen LogP contribution in [0.5, 0.6) is 0 Å². The Labute approximate surface area is 119 Å². The van der Waals surface area contributed by atoms with Crippen molar-refractivity contribution in [3.05, 3.63) is 46.9 Å². The summed E-state index contributed by atoms with van der Waals surface area (Å²) in [5, 5.41) is 0.561. The van der Waals surface area contributed by atoms with Crippen molar-refractivity contribution in [3.8, 4) is 0 Å². The molecular formula is C13H14F2N4S. The van der Waals surface area contributed by atoms with E-state index in [0.29, 0.717) is 27.5 Å². The van der Waals surface area contributed by atoms with Gasteiger partial charge in [0.1, 0.15) is 5.82 Å². The first-order chi connectivity index (χ1) is 9.47. The van der Waals surface area contributed by atoms with Gasteiger partial charge in [0.2, 0.25) is 0 Å². The second-order valence-corrected chi connectivity index (χ2v) is 5.00. The molecule has 4 N–H and O–H groups in total. The fourth-order valence-corrected chi connectivity index (χ4v) is 2.09. The zero-order valence-corrected chi connectivity index (χ0v) is 11.8. The third-order valence-electron chi connectivity index (χ3n) is 2.89. The van der Waals surface area contributed by atoms with Crippen molar-refractivity contribution < 1.29 is 8.78 Å². The highest BCUT2D eigenvalue weighted by molar-refractivity contribution is 8.02. The Kier molecular flexibility index (Phi) is 3.99. The number of aryl methyl sites for hydroxylation is 1. The molecule has 0 bridgehead atoms. The molecule has 106 valence electrons. The predicted molar refractivity (Wildman–Crippen MR) is 78.6 cm³/mol. The lowest BCUT2D eigenvalue weighted by Crippen LogP contribution is -2.00. The minimum atomic E-state index is -0.931. The van der Waals surface area contributed by atoms with Crippen LogP contribution in [-0.4, -0.2) is 15.8 Å². The number of fused-ring (bicyclic) bond motifs is 1. The number of nitrogens with two attached hydrogens (primary N) is 2. The highest BCUT2D eigenvalue weighted by atomic mass is 32.2. The van der Waals surface area contributed by atoms with E-state index < -0.39 is 11.6 Å². The first-order valence-electron chi connectivity index (χ1n) is 5.72. The van der Waals surface area contributed by atoms with Gasteiger partial charge in [-0.25, -0.2) is 13.8 Å². The number of nitrogens with zero attached hydrogens (tertiary/aromatic N) is 2. The van der Waals surface area contributed by atoms with Crippen molar-refractivity contribution >= 4 is 28.4 Å². The third-order valence-corrected chi connectivity index (χ3v) is 3.48. The zero-order valence-electron chi connectivity index (χ0n) is 11.0. The van der Waals surface area contributed by atoms with Gasteiger partial charge >= 0.3 is 0 Å². The summed E-state index contributed by atoms with van der Waals surface area (Å²) >= 11 is 1.37. The van der Waals surface area contributed by atoms with Crippen molar-refractivity contribution in [3.63, 3.8) is 0 Å². The minimum Gasteiger partial charge on any atom is -0.404 e. The first-order valence-corrected chi connectivity index (χ1v) is 6.95. The maximum atomic E-state index is 13.3. The van der Waals surface area contributed by atoms with E-state index in [1.807, 2.05) is 6.26 Å². The van der Waals surface area contributed by atoms with Crippen LogP contribution in [0, 0.1) is 11.6 Å². The molecule has 0 fully saturated rings. The molecule has 0 saturated carbocycles. The molecule has 0 spiro atoms. The lowest BCUT2D eigenvalue weighted by Gasteiger charge is -2.04. The summed E-state index contributed by atoms with van der Waals surface area (Å²) in [7, 11) is 1.70. The average Bonchev–Trinajstić information content (AvgIpc) is 2.73. The molecule has 0 atom stereocenters. The number of hydrogen-bond acceptors (Lipinski definition) is 4. The summed E-state index contributed by atoms with van der Waals surface area (Å²) in [5.74, 6) is -1.35. The van der Waals surface area contributed by atoms with E-state index in [1.54, 1.807) is 17.7 Å². The monoisotopic (exact) mass is 296 g/mol. The van der Waals surface area contributed by atoms with Crippen molar-refractivity contribution in [1.82, 2.24) is 9.55 Å². The van der Waals surface area contributed by atoms with Gasteiger partial charge in [-0.1, -0.05) is 0 Å². The van der Waals surface area contributed by atoms with Gasteiger partial charge in [-0.3, -0.25) is 0 Å². The van der Waals surface area contributed by atoms with Crippen LogP contribution >= 0.6 is 11.8 Å². The highest BCUT2D eigenvalue weighted by Gasteiger charge is 2.14. The van der Waals surface area contributed by atoms with Crippen LogP contribution in [0.25, 0.3) is 16.6 Å². The molecule has 0 aliphatic carbocycles. The number of imidazole rings is 1. The van der Waals surface area contributed by atoms with E-state index >= 15 is 0 Å². The molecule has 0 radical (unpaired) electrons. The quantitative estimate of drug-likeness (QED) is 0.853. The number of thioether (sulfide) groups is 1. The van der Waals surface area contributed by atoms with Crippen molar-refractivity contribution in [2.45, 2.75) is 0 Å². The topological polar surface area (TPSA) is 69.9 Å². The first kappa shape index (κ1) is 14.4. The van der Waals surface area contributed by atoms with E-state index in [0.717, 1.165) is 12.1 Å². The number of halogens is 2. The second kappa shape index (κ2) is 5.54. The molecule has 0 saturated heterocycles. The Morgan fingerprint density at radius 2 is 2.00 bits per heavy atom. The van der Waals surface area contributed by atoms with Crippen LogP contribution in [-0.2, 0) is 7.05 Å². The van der Waals surface area contributed by atoms with E-state index in [9.17, 15) is 8.78 Å². The predicted octanol–water partition coefficient (Wildman–Crippen LogP) is 2.31. The highest BCUT2D eigenvalue weighted by Crippen LogP contribution is 2.24. The Hall–Kier alpha value is -2.02. The summed E-state index contributed by atoms with van der Waals surface area (Å²) < 4.78 is 28.2. The molecule has 0 aliphatic rings. The molecule has 2 aromatic rings. The number of benzene rings is 1. The smallest absolute Gasteiger partial charge is 0.161 e. The van der Waals surface area contributed by atoms with Crippen LogP contribution < -0.4 is 11.5 Å². The SMILES string of the molecule is CS/C(N)=C/C(=C\N)c1nc2cc(F)c(F)cc2n1C. The molecule has 7 heteroatoms. The minimum absolute atomic E-state index is 0.358. The second-order valence-electron chi connectivity index (χ2n) is 4.12. The summed E-state index contributed by atoms with van der Waals surface area (Å²) in [5.41, 5.74) is 12.8. The summed E-state index contributed by atoms with van der Waals surface area (Å²) in [6.07, 6.45) is 4.86. The lowest BCUT2D eigenvalue weighted by atomic mass is 10.2. The maximum absolute atomic E-state index is 13.3. The number of rotatable bonds is 3. The largest absolute Gasteiger partial charge is 0.404 e. The molecule has 20 heavy (non-hydrogen) atoms. The maximum Gasteiger partial charge on any atom is 0.161 e. The zero-order chi connectivity index (χ0) is 14.9. The van der Waals surface area contributed by atoms with Crippen LogP contribution in [0.15, 0.2) is 29.4 Å². The van der Waals surface area contributed by atoms with Crippen LogP contribution in [0.1, 0.15) is 5.82 Å². The number of allylic oxidation sites excluding steroid dienone is 2. The summed E-state index contributed by atoms with van der Waals surface area (Å²) in [4.78, 5) is 4.27. The van der Waals surface area contributed by atoms with E-state index in [1.165, 1.54) is 18.0 Å². The third kappa shape index (κ3) is 2.49. The van der Waals surface area contributed by atoms with Gasteiger partial charge < -0.3 is 16.0 Å². The van der Waals surface area contributed by atoms with E-state index in [-0.39, 0.29) is 0 Å². The Bertz CT molecular complexity index is 719. The van der Waals surface area contributed by atoms with Crippen LogP contribution in [0.3, 0.4) is 0 Å². The average molecular weight is 296 g/mol. The standard InChI is InChI=1S/C13H14F2N4S/c1-19-11-5-9(15)8(14)4-10(11)18-13(19)7(6-16)3-12(17)20-2/h3-6H,16-17H2,1-2H3/b7-6+,12-3+. The van der Waals surface area contributed by atoms with Gasteiger partial charge in [0.25, 0.3) is 0 Å². The molecule has 1 heterocycles. The van der Waals surface area contributed by atoms with Gasteiger partial charge in [0.15, 0.2) is 11.6 Å². The Morgan fingerprint density at radius 3 is 2.60 bits per heavy atom. The normalized spacial score (nSPS) is 13.2. The molecule has 2 rings (SSSR count). The van der Waals surface area contributed by atoms with Crippen molar-refractivity contribution in [2.24, 2.45) is 18.5 Å². The van der Waals surface area contributed by atoms with Gasteiger partial charge in [-0.15, -0.1) is 11.8 Å². The molecule has 4 nitrogen and oxygen atoms in total. The van der Waals surface area contributed by atoms with Crippen LogP contribution in [0.2, 0.25) is 0 Å². The fraction of sp³-hybridized carbons (Fsp3) is 0.154. The van der Waals surface area contributed by atoms with E-state index in [2.05, 4.69) is 4.98 Å². The number of aromatic nitrogens is 2. The van der Waals surface area contributed by atoms with Crippen LogP contribution in [0.4, 0.5) is 8.78 Å². The van der Waals surface area contributed by atoms with Gasteiger partial charge in [-0.2, -0.15) is 0 Å². The Balaban J connectivity index is 2.63. The van der Waals surface area contributed by atoms with Crippen molar-refractivity contribution in [1.29, 1.82) is 0 Å². The molecule has 0 unspecified atom stereocenters. The molecule has 0 aliphatic heterocycles. The number of hydrogen-bond donors (Lipinski definition) is 2. The lowest BCUT2D eigenvalue weighted by molar-refractivity contribution is 0.510. The van der Waals surface area contributed by atoms with Crippen molar-refractivity contribution in [2.75, 3.05) is 6.26 Å². The molecule has 0 amide bonds. The Morgan fingerprint density at radius 1 is 1.35 bits per heavy atom. The molecule has 1 aromatic heterocycles. The van der Waals surface area contributed by atoms with Gasteiger partial charge in [0.05, 0.1) is 16.1 Å². The fourth-order valence-electron chi connectivity index (χ4n) is 1.84. The summed E-state index contributed by atoms with van der Waals surface area (Å²) in [6, 6.07) is 2.17. The molecule has 1 aromatic carbocycles.